The molecule has 0 aliphatic heterocycles. The molecule has 158 valence electrons. The Morgan fingerprint density at radius 3 is 2.52 bits per heavy atom. The first-order chi connectivity index (χ1) is 13.9. The molecule has 0 spiro atoms. The molecule has 0 unspecified atom stereocenters. The summed E-state index contributed by atoms with van der Waals surface area (Å²) in [6, 6.07) is 10.2. The van der Waals surface area contributed by atoms with Crippen LogP contribution in [0.25, 0.3) is 0 Å². The van der Waals surface area contributed by atoms with E-state index in [1.807, 2.05) is 56.0 Å². The van der Waals surface area contributed by atoms with Crippen molar-refractivity contribution in [1.82, 2.24) is 25.7 Å². The van der Waals surface area contributed by atoms with E-state index in [2.05, 4.69) is 38.2 Å². The van der Waals surface area contributed by atoms with Gasteiger partial charge in [-0.05, 0) is 32.8 Å². The number of alkyl carbamates (subject to hydrolysis) is 1. The maximum atomic E-state index is 11.6. The Morgan fingerprint density at radius 2 is 1.83 bits per heavy atom. The van der Waals surface area contributed by atoms with Gasteiger partial charge in [0.1, 0.15) is 5.60 Å². The van der Waals surface area contributed by atoms with Crippen LogP contribution in [0.15, 0.2) is 47.7 Å². The summed E-state index contributed by atoms with van der Waals surface area (Å²) >= 11 is 0. The number of hydrogen-bond donors (Lipinski definition) is 3. The van der Waals surface area contributed by atoms with Gasteiger partial charge in [-0.2, -0.15) is 5.10 Å². The van der Waals surface area contributed by atoms with Gasteiger partial charge in [0.05, 0.1) is 12.7 Å². The zero-order valence-electron chi connectivity index (χ0n) is 17.7. The summed E-state index contributed by atoms with van der Waals surface area (Å²) in [6.07, 6.45) is 4.24. The van der Waals surface area contributed by atoms with Crippen LogP contribution >= 0.6 is 0 Å². The van der Waals surface area contributed by atoms with Gasteiger partial charge >= 0.3 is 6.09 Å². The quantitative estimate of drug-likeness (QED) is 0.360. The van der Waals surface area contributed by atoms with Crippen molar-refractivity contribution in [2.45, 2.75) is 45.9 Å². The minimum absolute atomic E-state index is 0.396. The van der Waals surface area contributed by atoms with Gasteiger partial charge < -0.3 is 20.7 Å². The van der Waals surface area contributed by atoms with Gasteiger partial charge in [-0.15, -0.1) is 0 Å². The van der Waals surface area contributed by atoms with E-state index in [0.29, 0.717) is 25.6 Å². The average molecular weight is 401 g/mol. The summed E-state index contributed by atoms with van der Waals surface area (Å²) in [5, 5.41) is 13.6. The number of rotatable bonds is 8. The maximum absolute atomic E-state index is 11.6. The van der Waals surface area contributed by atoms with Crippen molar-refractivity contribution in [3.05, 3.63) is 53.9 Å². The average Bonchev–Trinajstić information content (AvgIpc) is 3.10. The third kappa shape index (κ3) is 9.14. The fraction of sp³-hybridized carbons (Fsp3) is 0.476. The Bertz CT molecular complexity index is 780. The van der Waals surface area contributed by atoms with Crippen LogP contribution in [0.1, 0.15) is 38.3 Å². The molecular weight excluding hydrogens is 368 g/mol. The first-order valence-electron chi connectivity index (χ1n) is 9.82. The van der Waals surface area contributed by atoms with Gasteiger partial charge in [-0.3, -0.25) is 9.67 Å². The van der Waals surface area contributed by atoms with Crippen molar-refractivity contribution in [1.29, 1.82) is 0 Å². The lowest BCUT2D eigenvalue weighted by atomic mass is 10.2. The van der Waals surface area contributed by atoms with Crippen LogP contribution in [0, 0.1) is 0 Å². The molecule has 0 atom stereocenters. The molecule has 0 fully saturated rings. The zero-order valence-corrected chi connectivity index (χ0v) is 17.7. The maximum Gasteiger partial charge on any atom is 0.407 e. The van der Waals surface area contributed by atoms with Crippen LogP contribution in [0.4, 0.5) is 4.79 Å². The van der Waals surface area contributed by atoms with Gasteiger partial charge in [-0.25, -0.2) is 4.79 Å². The Labute approximate surface area is 172 Å². The fourth-order valence-corrected chi connectivity index (χ4v) is 2.56. The van der Waals surface area contributed by atoms with Crippen molar-refractivity contribution in [3.63, 3.8) is 0 Å². The van der Waals surface area contributed by atoms with Gasteiger partial charge in [-0.1, -0.05) is 30.3 Å². The zero-order chi connectivity index (χ0) is 21.1. The highest BCUT2D eigenvalue weighted by molar-refractivity contribution is 5.79. The Balaban J connectivity index is 1.64. The number of guanidine groups is 1. The van der Waals surface area contributed by atoms with Crippen molar-refractivity contribution in [3.8, 4) is 0 Å². The molecule has 0 saturated carbocycles. The second kappa shape index (κ2) is 11.1. The molecule has 0 bridgehead atoms. The first kappa shape index (κ1) is 22.3. The van der Waals surface area contributed by atoms with E-state index < -0.39 is 11.7 Å². The summed E-state index contributed by atoms with van der Waals surface area (Å²) in [4.78, 5) is 15.8. The lowest BCUT2D eigenvalue weighted by molar-refractivity contribution is 0.0527. The third-order valence-corrected chi connectivity index (χ3v) is 3.87. The molecule has 8 nitrogen and oxygen atoms in total. The number of nitrogens with zero attached hydrogens (tertiary/aromatic N) is 3. The Hall–Kier alpha value is -3.03. The minimum Gasteiger partial charge on any atom is -0.444 e. The molecule has 8 heteroatoms. The summed E-state index contributed by atoms with van der Waals surface area (Å²) in [6.45, 7) is 8.12. The fourth-order valence-electron chi connectivity index (χ4n) is 2.56. The molecule has 1 heterocycles. The van der Waals surface area contributed by atoms with Gasteiger partial charge in [0.15, 0.2) is 5.96 Å². The van der Waals surface area contributed by atoms with Gasteiger partial charge in [0.25, 0.3) is 0 Å². The molecule has 0 saturated heterocycles. The van der Waals surface area contributed by atoms with E-state index in [9.17, 15) is 4.79 Å². The third-order valence-electron chi connectivity index (χ3n) is 3.87. The summed E-state index contributed by atoms with van der Waals surface area (Å²) < 4.78 is 7.12. The number of aromatic nitrogens is 2. The lowest BCUT2D eigenvalue weighted by Crippen LogP contribution is -2.39. The van der Waals surface area contributed by atoms with Crippen LogP contribution in [-0.2, 0) is 17.8 Å². The predicted octanol–water partition coefficient (Wildman–Crippen LogP) is 2.51. The summed E-state index contributed by atoms with van der Waals surface area (Å²) in [5.41, 5.74) is 1.81. The standard InChI is InChI=1S/C21H32N6O2/c1-21(2,3)29-20(28)24-12-8-11-23-19(22-4)25-13-18-14-26-27(16-18)15-17-9-6-5-7-10-17/h5-7,9-10,14,16H,8,11-13,15H2,1-4H3,(H,24,28)(H2,22,23,25). The Kier molecular flexibility index (Phi) is 8.51. The van der Waals surface area contributed by atoms with Crippen LogP contribution in [0.5, 0.6) is 0 Å². The van der Waals surface area contributed by atoms with E-state index in [1.165, 1.54) is 5.56 Å². The largest absolute Gasteiger partial charge is 0.444 e. The molecule has 0 aliphatic carbocycles. The van der Waals surface area contributed by atoms with Crippen molar-refractivity contribution in [2.24, 2.45) is 4.99 Å². The highest BCUT2D eigenvalue weighted by Gasteiger charge is 2.15. The second-order valence-electron chi connectivity index (χ2n) is 7.67. The number of amides is 1. The molecule has 1 aromatic heterocycles. The van der Waals surface area contributed by atoms with E-state index in [1.54, 1.807) is 7.05 Å². The number of nitrogens with one attached hydrogen (secondary N) is 3. The minimum atomic E-state index is -0.483. The van der Waals surface area contributed by atoms with Crippen molar-refractivity contribution >= 4 is 12.1 Å². The molecule has 1 amide bonds. The number of aliphatic imine (C=N–C) groups is 1. The summed E-state index contributed by atoms with van der Waals surface area (Å²) in [5.74, 6) is 0.707. The van der Waals surface area contributed by atoms with Crippen LogP contribution in [0.3, 0.4) is 0 Å². The predicted molar refractivity (Wildman–Crippen MR) is 115 cm³/mol. The number of carbonyl (C=O) groups is 1. The highest BCUT2D eigenvalue weighted by Crippen LogP contribution is 2.06. The SMILES string of the molecule is CN=C(NCCCNC(=O)OC(C)(C)C)NCc1cnn(Cc2ccccc2)c1. The van der Waals surface area contributed by atoms with Crippen LogP contribution < -0.4 is 16.0 Å². The van der Waals surface area contributed by atoms with Crippen molar-refractivity contribution < 1.29 is 9.53 Å². The summed E-state index contributed by atoms with van der Waals surface area (Å²) in [7, 11) is 1.73. The molecule has 1 aromatic carbocycles. The lowest BCUT2D eigenvalue weighted by Gasteiger charge is -2.19. The van der Waals surface area contributed by atoms with Gasteiger partial charge in [0.2, 0.25) is 0 Å². The molecule has 29 heavy (non-hydrogen) atoms. The number of ether oxygens (including phenoxy) is 1. The molecule has 2 aromatic rings. The van der Waals surface area contributed by atoms with Gasteiger partial charge in [0, 0.05) is 38.4 Å². The highest BCUT2D eigenvalue weighted by atomic mass is 16.6. The topological polar surface area (TPSA) is 92.6 Å². The first-order valence-corrected chi connectivity index (χ1v) is 9.82. The molecule has 0 radical (unpaired) electrons. The molecule has 3 N–H and O–H groups in total. The van der Waals surface area contributed by atoms with E-state index in [4.69, 9.17) is 4.74 Å². The van der Waals surface area contributed by atoms with Crippen molar-refractivity contribution in [2.75, 3.05) is 20.1 Å². The number of carbonyl (C=O) groups excluding carboxylic acids is 1. The van der Waals surface area contributed by atoms with Crippen LogP contribution in [0.2, 0.25) is 0 Å². The Morgan fingerprint density at radius 1 is 1.10 bits per heavy atom. The smallest absolute Gasteiger partial charge is 0.407 e. The molecule has 2 rings (SSSR count). The molecular formula is C21H32N6O2. The van der Waals surface area contributed by atoms with Crippen LogP contribution in [-0.4, -0.2) is 47.6 Å². The number of hydrogen-bond acceptors (Lipinski definition) is 4. The van der Waals surface area contributed by atoms with E-state index >= 15 is 0 Å². The van der Waals surface area contributed by atoms with E-state index in [0.717, 1.165) is 18.5 Å². The second-order valence-corrected chi connectivity index (χ2v) is 7.67. The molecule has 0 aliphatic rings. The van der Waals surface area contributed by atoms with E-state index in [-0.39, 0.29) is 0 Å². The number of benzene rings is 1. The normalized spacial score (nSPS) is 11.8. The monoisotopic (exact) mass is 400 g/mol.